The maximum absolute atomic E-state index is 12.5. The van der Waals surface area contributed by atoms with Gasteiger partial charge >= 0.3 is 0 Å². The average molecular weight is 135 g/mol. The van der Waals surface area contributed by atoms with Gasteiger partial charge in [0.15, 0.2) is 6.30 Å². The zero-order valence-corrected chi connectivity index (χ0v) is 5.48. The van der Waals surface area contributed by atoms with Crippen LogP contribution in [0.4, 0.5) is 8.87 Å². The van der Waals surface area contributed by atoms with Gasteiger partial charge in [-0.3, -0.25) is 0 Å². The third-order valence-corrected chi connectivity index (χ3v) is 1.77. The lowest BCUT2D eigenvalue weighted by Crippen LogP contribution is -2.35. The topological polar surface area (TPSA) is 3.24 Å². The van der Waals surface area contributed by atoms with E-state index < -0.39 is 6.30 Å². The molecule has 2 unspecified atom stereocenters. The molecule has 1 aliphatic heterocycles. The molecular weight excluding hydrogens is 124 g/mol. The summed E-state index contributed by atoms with van der Waals surface area (Å²) in [7, 11) is 0. The van der Waals surface area contributed by atoms with Crippen LogP contribution in [-0.2, 0) is 0 Å². The van der Waals surface area contributed by atoms with Crippen molar-refractivity contribution in [2.24, 2.45) is 5.92 Å². The summed E-state index contributed by atoms with van der Waals surface area (Å²) in [6.45, 7) is 1.99. The van der Waals surface area contributed by atoms with Crippen molar-refractivity contribution >= 4 is 0 Å². The molecule has 1 rings (SSSR count). The minimum atomic E-state index is -1.36. The molecule has 0 bridgehead atoms. The van der Waals surface area contributed by atoms with E-state index in [1.807, 2.05) is 0 Å². The van der Waals surface area contributed by atoms with Crippen molar-refractivity contribution in [3.8, 4) is 0 Å². The van der Waals surface area contributed by atoms with Crippen LogP contribution in [0.15, 0.2) is 0 Å². The summed E-state index contributed by atoms with van der Waals surface area (Å²) in [6.07, 6.45) is 0.221. The second-order valence-corrected chi connectivity index (χ2v) is 2.62. The standard InChI is InChI=1S/C6H11F2N/c1-5-3-2-4-9(8)6(5)7/h5-6H,2-4H2,1H3. The molecule has 1 saturated heterocycles. The number of hydrogen-bond donors (Lipinski definition) is 0. The van der Waals surface area contributed by atoms with Gasteiger partial charge in [0.05, 0.1) is 0 Å². The summed E-state index contributed by atoms with van der Waals surface area (Å²) >= 11 is 0. The summed E-state index contributed by atoms with van der Waals surface area (Å²) in [4.78, 5) is 0. The van der Waals surface area contributed by atoms with Crippen LogP contribution >= 0.6 is 0 Å². The van der Waals surface area contributed by atoms with Gasteiger partial charge in [-0.25, -0.2) is 4.39 Å². The van der Waals surface area contributed by atoms with Gasteiger partial charge in [-0.2, -0.15) is 0 Å². The quantitative estimate of drug-likeness (QED) is 0.362. The Labute approximate surface area is 53.6 Å². The van der Waals surface area contributed by atoms with Crippen LogP contribution in [0, 0.1) is 5.92 Å². The lowest BCUT2D eigenvalue weighted by atomic mass is 10.0. The Morgan fingerprint density at radius 3 is 2.67 bits per heavy atom. The molecule has 0 amide bonds. The summed E-state index contributed by atoms with van der Waals surface area (Å²) in [5.41, 5.74) is 0. The first kappa shape index (κ1) is 6.93. The van der Waals surface area contributed by atoms with E-state index in [1.54, 1.807) is 6.92 Å². The molecule has 0 aliphatic carbocycles. The predicted octanol–water partition coefficient (Wildman–Crippen LogP) is 1.90. The smallest absolute Gasteiger partial charge is 0.182 e. The molecule has 1 aliphatic rings. The Balaban J connectivity index is 2.41. The second-order valence-electron chi connectivity index (χ2n) is 2.62. The fraction of sp³-hybridized carbons (Fsp3) is 1.00. The molecule has 9 heavy (non-hydrogen) atoms. The van der Waals surface area contributed by atoms with Crippen LogP contribution in [0.1, 0.15) is 19.8 Å². The number of nitrogens with zero attached hydrogens (tertiary/aromatic N) is 1. The normalized spacial score (nSPS) is 39.0. The highest BCUT2D eigenvalue weighted by molar-refractivity contribution is 4.68. The number of rotatable bonds is 0. The Kier molecular flexibility index (Phi) is 2.01. The summed E-state index contributed by atoms with van der Waals surface area (Å²) in [6, 6.07) is 0. The third kappa shape index (κ3) is 1.39. The van der Waals surface area contributed by atoms with Crippen LogP contribution < -0.4 is 0 Å². The minimum Gasteiger partial charge on any atom is -0.227 e. The molecule has 2 atom stereocenters. The average Bonchev–Trinajstić information content (AvgIpc) is 1.83. The summed E-state index contributed by atoms with van der Waals surface area (Å²) in [5.74, 6) is -0.135. The van der Waals surface area contributed by atoms with Crippen molar-refractivity contribution in [1.29, 1.82) is 0 Å². The minimum absolute atomic E-state index is 0.135. The highest BCUT2D eigenvalue weighted by atomic mass is 19.2. The van der Waals surface area contributed by atoms with E-state index in [0.717, 1.165) is 12.8 Å². The molecule has 0 spiro atoms. The van der Waals surface area contributed by atoms with E-state index in [0.29, 0.717) is 0 Å². The van der Waals surface area contributed by atoms with Crippen LogP contribution in [0.25, 0.3) is 0 Å². The van der Waals surface area contributed by atoms with Crippen LogP contribution in [0.5, 0.6) is 0 Å². The van der Waals surface area contributed by atoms with E-state index in [4.69, 9.17) is 0 Å². The molecule has 0 aromatic heterocycles. The van der Waals surface area contributed by atoms with Crippen molar-refractivity contribution in [2.75, 3.05) is 6.54 Å². The fourth-order valence-electron chi connectivity index (χ4n) is 1.10. The van der Waals surface area contributed by atoms with Gasteiger partial charge < -0.3 is 0 Å². The molecule has 3 heteroatoms. The zero-order chi connectivity index (χ0) is 6.85. The highest BCUT2D eigenvalue weighted by Crippen LogP contribution is 2.23. The number of alkyl halides is 1. The molecule has 0 aromatic rings. The van der Waals surface area contributed by atoms with Crippen molar-refractivity contribution in [1.82, 2.24) is 5.12 Å². The van der Waals surface area contributed by atoms with Gasteiger partial charge in [-0.05, 0) is 12.8 Å². The second kappa shape index (κ2) is 2.60. The molecule has 0 saturated carbocycles. The molecule has 0 N–H and O–H groups in total. The molecule has 1 nitrogen and oxygen atoms in total. The number of hydrogen-bond acceptors (Lipinski definition) is 1. The van der Waals surface area contributed by atoms with Gasteiger partial charge in [-0.1, -0.05) is 6.92 Å². The Morgan fingerprint density at radius 1 is 1.56 bits per heavy atom. The molecule has 1 fully saturated rings. The Morgan fingerprint density at radius 2 is 2.22 bits per heavy atom. The number of piperidine rings is 1. The van der Waals surface area contributed by atoms with Crippen molar-refractivity contribution < 1.29 is 8.87 Å². The molecule has 1 heterocycles. The Bertz CT molecular complexity index is 87.1. The van der Waals surface area contributed by atoms with Gasteiger partial charge in [0.1, 0.15) is 0 Å². The van der Waals surface area contributed by atoms with Crippen LogP contribution in [0.3, 0.4) is 0 Å². The lowest BCUT2D eigenvalue weighted by Gasteiger charge is -2.27. The molecule has 0 radical (unpaired) electrons. The van der Waals surface area contributed by atoms with E-state index in [1.165, 1.54) is 0 Å². The monoisotopic (exact) mass is 135 g/mol. The van der Waals surface area contributed by atoms with Gasteiger partial charge in [-0.15, -0.1) is 9.60 Å². The first-order valence-electron chi connectivity index (χ1n) is 3.28. The van der Waals surface area contributed by atoms with E-state index in [9.17, 15) is 8.87 Å². The molecular formula is C6H11F2N. The van der Waals surface area contributed by atoms with Gasteiger partial charge in [0.25, 0.3) is 0 Å². The van der Waals surface area contributed by atoms with Crippen molar-refractivity contribution in [2.45, 2.75) is 26.1 Å². The van der Waals surface area contributed by atoms with Crippen molar-refractivity contribution in [3.63, 3.8) is 0 Å². The van der Waals surface area contributed by atoms with E-state index in [2.05, 4.69) is 0 Å². The van der Waals surface area contributed by atoms with E-state index in [-0.39, 0.29) is 17.6 Å². The van der Waals surface area contributed by atoms with Crippen LogP contribution in [0.2, 0.25) is 0 Å². The molecule has 54 valence electrons. The first-order valence-corrected chi connectivity index (χ1v) is 3.28. The summed E-state index contributed by atoms with van der Waals surface area (Å²) < 4.78 is 24.8. The fourth-order valence-corrected chi connectivity index (χ4v) is 1.10. The first-order chi connectivity index (χ1) is 4.22. The van der Waals surface area contributed by atoms with Gasteiger partial charge in [0, 0.05) is 12.5 Å². The Hall–Kier alpha value is -0.180. The predicted molar refractivity (Wildman–Crippen MR) is 31.1 cm³/mol. The largest absolute Gasteiger partial charge is 0.227 e. The maximum atomic E-state index is 12.5. The SMILES string of the molecule is CC1CCCN(F)C1F. The molecule has 0 aromatic carbocycles. The maximum Gasteiger partial charge on any atom is 0.182 e. The van der Waals surface area contributed by atoms with Crippen molar-refractivity contribution in [3.05, 3.63) is 0 Å². The lowest BCUT2D eigenvalue weighted by molar-refractivity contribution is -0.124. The van der Waals surface area contributed by atoms with Crippen LogP contribution in [-0.4, -0.2) is 18.0 Å². The van der Waals surface area contributed by atoms with E-state index >= 15 is 0 Å². The summed E-state index contributed by atoms with van der Waals surface area (Å²) in [5, 5.41) is 0.286. The zero-order valence-electron chi connectivity index (χ0n) is 5.48. The number of halogens is 2. The highest BCUT2D eigenvalue weighted by Gasteiger charge is 2.27. The third-order valence-electron chi connectivity index (χ3n) is 1.77. The van der Waals surface area contributed by atoms with Gasteiger partial charge in [0.2, 0.25) is 0 Å².